The molecule has 0 unspecified atom stereocenters. The van der Waals surface area contributed by atoms with Crippen LogP contribution in [-0.2, 0) is 13.1 Å². The number of rotatable bonds is 7. The molecule has 140 valence electrons. The zero-order valence-corrected chi connectivity index (χ0v) is 15.9. The molecule has 0 fully saturated rings. The molecule has 0 saturated heterocycles. The van der Waals surface area contributed by atoms with E-state index in [2.05, 4.69) is 23.1 Å². The Balaban J connectivity index is 1.99. The molecule has 1 amide bonds. The topological polar surface area (TPSA) is 38.1 Å². The van der Waals surface area contributed by atoms with Gasteiger partial charge in [0.15, 0.2) is 0 Å². The number of hydrogen-bond acceptors (Lipinski definition) is 2. The minimum atomic E-state index is -0.537. The second-order valence-corrected chi connectivity index (χ2v) is 6.70. The fraction of sp³-hybridized carbons (Fsp3) is 0.238. The summed E-state index contributed by atoms with van der Waals surface area (Å²) in [5, 5.41) is 0.636. The lowest BCUT2D eigenvalue weighted by Crippen LogP contribution is -2.32. The first kappa shape index (κ1) is 19.1. The molecular weight excluding hydrogens is 365 g/mol. The Kier molecular flexibility index (Phi) is 5.91. The van der Waals surface area contributed by atoms with Gasteiger partial charge in [0.1, 0.15) is 11.6 Å². The maximum absolute atomic E-state index is 14.1. The molecule has 0 saturated carbocycles. The van der Waals surface area contributed by atoms with Crippen molar-refractivity contribution in [1.82, 2.24) is 14.5 Å². The van der Waals surface area contributed by atoms with Crippen molar-refractivity contribution in [2.24, 2.45) is 0 Å². The van der Waals surface area contributed by atoms with Gasteiger partial charge in [-0.25, -0.2) is 9.37 Å². The van der Waals surface area contributed by atoms with Crippen molar-refractivity contribution in [3.05, 3.63) is 77.3 Å². The van der Waals surface area contributed by atoms with Gasteiger partial charge in [-0.3, -0.25) is 4.79 Å². The second kappa shape index (κ2) is 8.35. The quantitative estimate of drug-likeness (QED) is 0.533. The molecule has 0 aliphatic carbocycles. The summed E-state index contributed by atoms with van der Waals surface area (Å²) in [5.74, 6) is -0.188. The first-order valence-corrected chi connectivity index (χ1v) is 9.22. The predicted molar refractivity (Wildman–Crippen MR) is 106 cm³/mol. The average Bonchev–Trinajstić information content (AvgIpc) is 2.98. The Morgan fingerprint density at radius 2 is 2.11 bits per heavy atom. The predicted octanol–water partition coefficient (Wildman–Crippen LogP) is 5.07. The van der Waals surface area contributed by atoms with Gasteiger partial charge in [-0.05, 0) is 36.8 Å². The van der Waals surface area contributed by atoms with Crippen molar-refractivity contribution in [1.29, 1.82) is 0 Å². The smallest absolute Gasteiger partial charge is 0.257 e. The van der Waals surface area contributed by atoms with E-state index in [-0.39, 0.29) is 18.0 Å². The highest BCUT2D eigenvalue weighted by molar-refractivity contribution is 6.31. The minimum Gasteiger partial charge on any atom is -0.327 e. The zero-order chi connectivity index (χ0) is 19.4. The van der Waals surface area contributed by atoms with Crippen LogP contribution < -0.4 is 0 Å². The number of fused-ring (bicyclic) bond motifs is 1. The molecule has 1 heterocycles. The number of aryl methyl sites for hydroxylation is 1. The largest absolute Gasteiger partial charge is 0.327 e. The molecular formula is C21H21ClFN3O. The van der Waals surface area contributed by atoms with E-state index in [1.165, 1.54) is 12.1 Å². The van der Waals surface area contributed by atoms with Crippen molar-refractivity contribution in [3.8, 4) is 0 Å². The third-order valence-electron chi connectivity index (χ3n) is 4.31. The molecule has 0 radical (unpaired) electrons. The molecule has 6 heteroatoms. The molecule has 0 atom stereocenters. The van der Waals surface area contributed by atoms with E-state index in [9.17, 15) is 9.18 Å². The molecule has 1 aromatic heterocycles. The standard InChI is InChI=1S/C21H21ClFN3O/c1-3-11-25(21(27)16-7-5-6-8-17(16)23)14-20-24-18-10-9-15(22)13-19(18)26(20)12-4-2/h3,5-10,13H,1,4,11-12,14H2,2H3. The van der Waals surface area contributed by atoms with Gasteiger partial charge in [0.25, 0.3) is 5.91 Å². The number of amides is 1. The molecule has 4 nitrogen and oxygen atoms in total. The Morgan fingerprint density at radius 1 is 1.33 bits per heavy atom. The van der Waals surface area contributed by atoms with Gasteiger partial charge in [-0.2, -0.15) is 0 Å². The summed E-state index contributed by atoms with van der Waals surface area (Å²) in [7, 11) is 0. The van der Waals surface area contributed by atoms with Gasteiger partial charge < -0.3 is 9.47 Å². The molecule has 0 N–H and O–H groups in total. The van der Waals surface area contributed by atoms with Crippen LogP contribution in [0.2, 0.25) is 5.02 Å². The van der Waals surface area contributed by atoms with E-state index in [1.807, 2.05) is 12.1 Å². The number of aromatic nitrogens is 2. The zero-order valence-electron chi connectivity index (χ0n) is 15.2. The summed E-state index contributed by atoms with van der Waals surface area (Å²) >= 11 is 6.14. The Bertz CT molecular complexity index is 983. The maximum atomic E-state index is 14.1. The highest BCUT2D eigenvalue weighted by Crippen LogP contribution is 2.23. The van der Waals surface area contributed by atoms with Crippen LogP contribution in [-0.4, -0.2) is 26.9 Å². The van der Waals surface area contributed by atoms with Crippen LogP contribution in [0, 0.1) is 5.82 Å². The summed E-state index contributed by atoms with van der Waals surface area (Å²) in [4.78, 5) is 19.1. The van der Waals surface area contributed by atoms with Gasteiger partial charge in [-0.15, -0.1) is 6.58 Å². The van der Waals surface area contributed by atoms with Crippen LogP contribution in [0.5, 0.6) is 0 Å². The van der Waals surface area contributed by atoms with E-state index in [1.54, 1.807) is 29.2 Å². The first-order valence-electron chi connectivity index (χ1n) is 8.84. The first-order chi connectivity index (χ1) is 13.0. The van der Waals surface area contributed by atoms with E-state index in [0.717, 1.165) is 29.8 Å². The van der Waals surface area contributed by atoms with Gasteiger partial charge >= 0.3 is 0 Å². The molecule has 0 aliphatic heterocycles. The third-order valence-corrected chi connectivity index (χ3v) is 4.54. The third kappa shape index (κ3) is 4.03. The summed E-state index contributed by atoms with van der Waals surface area (Å²) in [5.41, 5.74) is 1.79. The van der Waals surface area contributed by atoms with Gasteiger partial charge in [0, 0.05) is 18.1 Å². The lowest BCUT2D eigenvalue weighted by atomic mass is 10.2. The van der Waals surface area contributed by atoms with Crippen molar-refractivity contribution in [3.63, 3.8) is 0 Å². The maximum Gasteiger partial charge on any atom is 0.257 e. The van der Waals surface area contributed by atoms with Gasteiger partial charge in [0.2, 0.25) is 0 Å². The van der Waals surface area contributed by atoms with Crippen LogP contribution in [0.1, 0.15) is 29.5 Å². The number of nitrogens with zero attached hydrogens (tertiary/aromatic N) is 3. The number of benzene rings is 2. The highest BCUT2D eigenvalue weighted by Gasteiger charge is 2.21. The minimum absolute atomic E-state index is 0.0422. The van der Waals surface area contributed by atoms with Crippen LogP contribution in [0.3, 0.4) is 0 Å². The number of imidazole rings is 1. The highest BCUT2D eigenvalue weighted by atomic mass is 35.5. The molecule has 0 aliphatic rings. The van der Waals surface area contributed by atoms with Gasteiger partial charge in [0.05, 0.1) is 23.1 Å². The molecule has 0 bridgehead atoms. The number of carbonyl (C=O) groups excluding carboxylic acids is 1. The normalized spacial score (nSPS) is 10.9. The fourth-order valence-corrected chi connectivity index (χ4v) is 3.26. The Labute approximate surface area is 162 Å². The molecule has 3 aromatic rings. The summed E-state index contributed by atoms with van der Waals surface area (Å²) in [6.07, 6.45) is 2.54. The summed E-state index contributed by atoms with van der Waals surface area (Å²) in [6, 6.07) is 11.5. The van der Waals surface area contributed by atoms with Crippen molar-refractivity contribution in [2.45, 2.75) is 26.4 Å². The number of halogens is 2. The fourth-order valence-electron chi connectivity index (χ4n) is 3.09. The lowest BCUT2D eigenvalue weighted by Gasteiger charge is -2.22. The second-order valence-electron chi connectivity index (χ2n) is 6.27. The average molecular weight is 386 g/mol. The summed E-state index contributed by atoms with van der Waals surface area (Å²) in [6.45, 7) is 7.10. The van der Waals surface area contributed by atoms with Crippen LogP contribution >= 0.6 is 11.6 Å². The number of hydrogen-bond donors (Lipinski definition) is 0. The Morgan fingerprint density at radius 3 is 2.81 bits per heavy atom. The molecule has 27 heavy (non-hydrogen) atoms. The van der Waals surface area contributed by atoms with Crippen molar-refractivity contribution >= 4 is 28.5 Å². The van der Waals surface area contributed by atoms with Crippen molar-refractivity contribution in [2.75, 3.05) is 6.54 Å². The molecule has 0 spiro atoms. The van der Waals surface area contributed by atoms with Crippen LogP contribution in [0.15, 0.2) is 55.1 Å². The van der Waals surface area contributed by atoms with Gasteiger partial charge in [-0.1, -0.05) is 36.7 Å². The van der Waals surface area contributed by atoms with E-state index < -0.39 is 5.82 Å². The van der Waals surface area contributed by atoms with E-state index in [4.69, 9.17) is 11.6 Å². The number of carbonyl (C=O) groups is 1. The summed E-state index contributed by atoms with van der Waals surface area (Å²) < 4.78 is 16.1. The molecule has 3 rings (SSSR count). The van der Waals surface area contributed by atoms with Crippen LogP contribution in [0.4, 0.5) is 4.39 Å². The van der Waals surface area contributed by atoms with Crippen LogP contribution in [0.25, 0.3) is 11.0 Å². The monoisotopic (exact) mass is 385 g/mol. The van der Waals surface area contributed by atoms with Crippen molar-refractivity contribution < 1.29 is 9.18 Å². The lowest BCUT2D eigenvalue weighted by molar-refractivity contribution is 0.0752. The SMILES string of the molecule is C=CCN(Cc1nc2ccc(Cl)cc2n1CCC)C(=O)c1ccccc1F. The Hall–Kier alpha value is -2.66. The molecule has 2 aromatic carbocycles. The van der Waals surface area contributed by atoms with E-state index in [0.29, 0.717) is 11.6 Å². The van der Waals surface area contributed by atoms with E-state index >= 15 is 0 Å².